The van der Waals surface area contributed by atoms with Gasteiger partial charge in [0, 0.05) is 30.1 Å². The molecule has 0 radical (unpaired) electrons. The first kappa shape index (κ1) is 22.1. The van der Waals surface area contributed by atoms with E-state index in [4.69, 9.17) is 4.74 Å². The van der Waals surface area contributed by atoms with E-state index in [0.717, 1.165) is 30.7 Å². The van der Waals surface area contributed by atoms with Crippen LogP contribution in [0.4, 0.5) is 5.69 Å². The smallest absolute Gasteiger partial charge is 0.308 e. The molecular weight excluding hydrogens is 374 g/mol. The highest BCUT2D eigenvalue weighted by atomic mass is 28.3. The fraction of sp³-hybridized carbons (Fsp3) is 0.640. The molecule has 0 amide bonds. The van der Waals surface area contributed by atoms with E-state index in [1.807, 2.05) is 0 Å². The zero-order valence-corrected chi connectivity index (χ0v) is 20.8. The number of carbonyl (C=O) groups excluding carboxylic acids is 1. The molecule has 160 valence electrons. The second-order valence-electron chi connectivity index (χ2n) is 10.2. The van der Waals surface area contributed by atoms with Crippen LogP contribution in [0, 0.1) is 0 Å². The molecule has 1 atom stereocenters. The van der Waals surface area contributed by atoms with E-state index >= 15 is 0 Å². The van der Waals surface area contributed by atoms with Gasteiger partial charge in [0.05, 0.1) is 0 Å². The van der Waals surface area contributed by atoms with Gasteiger partial charge in [0.15, 0.2) is 8.24 Å². The van der Waals surface area contributed by atoms with Crippen LogP contribution in [0.15, 0.2) is 18.2 Å². The van der Waals surface area contributed by atoms with Gasteiger partial charge < -0.3 is 9.30 Å². The van der Waals surface area contributed by atoms with Crippen LogP contribution < -0.4 is 4.57 Å². The molecule has 0 saturated carbocycles. The van der Waals surface area contributed by atoms with Crippen LogP contribution in [0.5, 0.6) is 0 Å². The summed E-state index contributed by atoms with van der Waals surface area (Å²) in [7, 11) is -1.77. The minimum absolute atomic E-state index is 0.0643. The van der Waals surface area contributed by atoms with Crippen molar-refractivity contribution < 1.29 is 9.53 Å². The molecule has 0 aromatic heterocycles. The molecule has 1 aliphatic heterocycles. The predicted octanol–water partition coefficient (Wildman–Crippen LogP) is 6.81. The Morgan fingerprint density at radius 1 is 1.14 bits per heavy atom. The maximum absolute atomic E-state index is 11.8. The quantitative estimate of drug-likeness (QED) is 0.379. The summed E-state index contributed by atoms with van der Waals surface area (Å²) in [6, 6.07) is 4.77. The summed E-state index contributed by atoms with van der Waals surface area (Å²) >= 11 is 0. The number of anilines is 1. The number of nitrogens with zero attached hydrogens (tertiary/aromatic N) is 1. The van der Waals surface area contributed by atoms with Crippen molar-refractivity contribution in [3.63, 3.8) is 0 Å². The van der Waals surface area contributed by atoms with Crippen LogP contribution in [0.3, 0.4) is 0 Å². The Morgan fingerprint density at radius 2 is 1.72 bits per heavy atom. The SMILES string of the molecule is CCC1(C)C=C(OC(C)=O)c2cc3c(cc21)CCN3[Si](C(C)C)(C(C)C)C(C)C. The number of rotatable bonds is 6. The second kappa shape index (κ2) is 7.61. The Hall–Kier alpha value is -1.55. The third kappa shape index (κ3) is 3.28. The number of esters is 1. The molecule has 29 heavy (non-hydrogen) atoms. The summed E-state index contributed by atoms with van der Waals surface area (Å²) in [5.74, 6) is 0.507. The minimum atomic E-state index is -1.77. The topological polar surface area (TPSA) is 29.5 Å². The molecule has 0 N–H and O–H groups in total. The van der Waals surface area contributed by atoms with Gasteiger partial charge in [-0.1, -0.05) is 61.5 Å². The minimum Gasteiger partial charge on any atom is -0.426 e. The largest absolute Gasteiger partial charge is 0.426 e. The van der Waals surface area contributed by atoms with Gasteiger partial charge in [-0.3, -0.25) is 4.79 Å². The average molecular weight is 414 g/mol. The van der Waals surface area contributed by atoms with Crippen molar-refractivity contribution in [1.29, 1.82) is 0 Å². The van der Waals surface area contributed by atoms with Gasteiger partial charge in [0.25, 0.3) is 0 Å². The summed E-state index contributed by atoms with van der Waals surface area (Å²) in [4.78, 5) is 11.8. The van der Waals surface area contributed by atoms with Crippen LogP contribution in [0.1, 0.15) is 85.4 Å². The number of ether oxygens (including phenoxy) is 1. The van der Waals surface area contributed by atoms with Crippen LogP contribution in [0.25, 0.3) is 5.76 Å². The standard InChI is InChI=1S/C25H39NO2Si/c1-10-25(9)15-24(28-19(8)27)21-14-23-20(13-22(21)25)11-12-26(23)29(16(2)3,17(4)5)18(6)7/h13-18H,10-12H2,1-9H3. The summed E-state index contributed by atoms with van der Waals surface area (Å²) in [6.45, 7) is 21.6. The number of benzene rings is 1. The van der Waals surface area contributed by atoms with Gasteiger partial charge in [-0.2, -0.15) is 0 Å². The third-order valence-electron chi connectivity index (χ3n) is 7.67. The van der Waals surface area contributed by atoms with Crippen LogP contribution in [-0.2, 0) is 21.4 Å². The fourth-order valence-electron chi connectivity index (χ4n) is 6.43. The van der Waals surface area contributed by atoms with Gasteiger partial charge in [0.1, 0.15) is 5.76 Å². The van der Waals surface area contributed by atoms with Gasteiger partial charge in [-0.05, 0) is 52.7 Å². The maximum atomic E-state index is 11.8. The molecule has 1 aliphatic carbocycles. The molecule has 4 heteroatoms. The Balaban J connectivity index is 2.18. The Bertz CT molecular complexity index is 818. The molecule has 3 nitrogen and oxygen atoms in total. The molecule has 1 aromatic carbocycles. The van der Waals surface area contributed by atoms with E-state index in [-0.39, 0.29) is 11.4 Å². The van der Waals surface area contributed by atoms with Crippen molar-refractivity contribution in [3.8, 4) is 0 Å². The highest BCUT2D eigenvalue weighted by molar-refractivity contribution is 6.86. The lowest BCUT2D eigenvalue weighted by molar-refractivity contribution is -0.134. The number of fused-ring (bicyclic) bond motifs is 2. The first-order chi connectivity index (χ1) is 13.5. The molecule has 3 rings (SSSR count). The lowest BCUT2D eigenvalue weighted by Gasteiger charge is -2.51. The lowest BCUT2D eigenvalue weighted by Crippen LogP contribution is -2.60. The van der Waals surface area contributed by atoms with Gasteiger partial charge in [-0.15, -0.1) is 0 Å². The first-order valence-corrected chi connectivity index (χ1v) is 13.5. The van der Waals surface area contributed by atoms with E-state index in [1.54, 1.807) is 0 Å². The highest BCUT2D eigenvalue weighted by Crippen LogP contribution is 2.51. The van der Waals surface area contributed by atoms with Crippen LogP contribution in [-0.4, -0.2) is 20.7 Å². The molecule has 0 saturated heterocycles. The van der Waals surface area contributed by atoms with Crippen LogP contribution in [0.2, 0.25) is 16.6 Å². The monoisotopic (exact) mass is 413 g/mol. The maximum Gasteiger partial charge on any atom is 0.308 e. The molecule has 1 heterocycles. The number of hydrogen-bond donors (Lipinski definition) is 0. The Morgan fingerprint density at radius 3 is 2.21 bits per heavy atom. The molecule has 0 spiro atoms. The third-order valence-corrected chi connectivity index (χ3v) is 14.6. The van der Waals surface area contributed by atoms with E-state index in [1.165, 1.54) is 23.7 Å². The average Bonchev–Trinajstić information content (AvgIpc) is 3.13. The molecule has 0 fully saturated rings. The van der Waals surface area contributed by atoms with Crippen molar-refractivity contribution in [3.05, 3.63) is 34.9 Å². The van der Waals surface area contributed by atoms with Crippen molar-refractivity contribution in [2.45, 2.75) is 97.2 Å². The molecule has 0 bridgehead atoms. The summed E-state index contributed by atoms with van der Waals surface area (Å²) in [6.07, 6.45) is 4.28. The predicted molar refractivity (Wildman–Crippen MR) is 126 cm³/mol. The molecular formula is C25H39NO2Si. The molecule has 2 aliphatic rings. The van der Waals surface area contributed by atoms with E-state index < -0.39 is 8.24 Å². The van der Waals surface area contributed by atoms with Gasteiger partial charge in [0.2, 0.25) is 0 Å². The number of allylic oxidation sites excluding steroid dienone is 1. The zero-order chi connectivity index (χ0) is 21.7. The lowest BCUT2D eigenvalue weighted by atomic mass is 9.81. The normalized spacial score (nSPS) is 21.1. The van der Waals surface area contributed by atoms with Crippen molar-refractivity contribution in [1.82, 2.24) is 0 Å². The highest BCUT2D eigenvalue weighted by Gasteiger charge is 2.50. The summed E-state index contributed by atoms with van der Waals surface area (Å²) in [5, 5.41) is 0. The van der Waals surface area contributed by atoms with E-state index in [0.29, 0.717) is 16.6 Å². The number of carbonyl (C=O) groups is 1. The molecule has 1 aromatic rings. The summed E-state index contributed by atoms with van der Waals surface area (Å²) < 4.78 is 8.49. The van der Waals surface area contributed by atoms with Crippen LogP contribution >= 0.6 is 0 Å². The summed E-state index contributed by atoms with van der Waals surface area (Å²) in [5.41, 5.74) is 7.26. The fourth-order valence-corrected chi connectivity index (χ4v) is 13.4. The Kier molecular flexibility index (Phi) is 5.81. The van der Waals surface area contributed by atoms with Gasteiger partial charge in [-0.25, -0.2) is 0 Å². The Labute approximate surface area is 178 Å². The van der Waals surface area contributed by atoms with Crippen molar-refractivity contribution in [2.75, 3.05) is 11.1 Å². The molecule has 1 unspecified atom stereocenters. The zero-order valence-electron chi connectivity index (χ0n) is 19.8. The first-order valence-electron chi connectivity index (χ1n) is 11.4. The number of hydrogen-bond acceptors (Lipinski definition) is 3. The van der Waals surface area contributed by atoms with E-state index in [9.17, 15) is 4.79 Å². The van der Waals surface area contributed by atoms with E-state index in [2.05, 4.69) is 78.2 Å². The van der Waals surface area contributed by atoms with Crippen molar-refractivity contribution in [2.24, 2.45) is 0 Å². The van der Waals surface area contributed by atoms with Gasteiger partial charge >= 0.3 is 5.97 Å². The van der Waals surface area contributed by atoms with Crippen molar-refractivity contribution >= 4 is 25.7 Å². The second-order valence-corrected chi connectivity index (χ2v) is 15.9.